The van der Waals surface area contributed by atoms with Crippen molar-refractivity contribution in [1.29, 1.82) is 0 Å². The van der Waals surface area contributed by atoms with E-state index < -0.39 is 11.7 Å². The van der Waals surface area contributed by atoms with E-state index in [1.807, 2.05) is 0 Å². The summed E-state index contributed by atoms with van der Waals surface area (Å²) < 4.78 is 5.75. The standard InChI is InChI=1S/C22H28O4/c1-4-22(26-13(2)23)10-8-19-17-12-20(25)18-11-14(24)5-6-15(18)16(17)7-9-21(19,22)3/h1,11,15-17,19-20,25H,5-10,12H2,2-3H3/t15-,16-,17-,19+,20?,21+,22+/m1/s1. The lowest BCUT2D eigenvalue weighted by molar-refractivity contribution is -0.168. The molecule has 7 atom stereocenters. The number of aliphatic hydroxyl groups excluding tert-OH is 1. The molecule has 0 spiro atoms. The molecule has 3 fully saturated rings. The maximum atomic E-state index is 11.8. The van der Waals surface area contributed by atoms with Crippen LogP contribution in [0.2, 0.25) is 0 Å². The highest BCUT2D eigenvalue weighted by Gasteiger charge is 2.64. The average molecular weight is 356 g/mol. The fraction of sp³-hybridized carbons (Fsp3) is 0.727. The third-order valence-corrected chi connectivity index (χ3v) is 8.02. The number of aliphatic hydroxyl groups is 1. The molecule has 0 aromatic rings. The van der Waals surface area contributed by atoms with Gasteiger partial charge in [-0.1, -0.05) is 12.8 Å². The predicted molar refractivity (Wildman–Crippen MR) is 96.8 cm³/mol. The van der Waals surface area contributed by atoms with Crippen molar-refractivity contribution in [3.63, 3.8) is 0 Å². The van der Waals surface area contributed by atoms with Crippen LogP contribution in [0.3, 0.4) is 0 Å². The summed E-state index contributed by atoms with van der Waals surface area (Å²) in [4.78, 5) is 23.6. The molecule has 0 aliphatic heterocycles. The van der Waals surface area contributed by atoms with E-state index in [9.17, 15) is 14.7 Å². The van der Waals surface area contributed by atoms with Crippen LogP contribution in [0.25, 0.3) is 0 Å². The van der Waals surface area contributed by atoms with Crippen molar-refractivity contribution in [1.82, 2.24) is 0 Å². The fourth-order valence-corrected chi connectivity index (χ4v) is 6.86. The molecule has 0 heterocycles. The first-order chi connectivity index (χ1) is 12.3. The van der Waals surface area contributed by atoms with Crippen LogP contribution >= 0.6 is 0 Å². The van der Waals surface area contributed by atoms with Crippen molar-refractivity contribution >= 4 is 11.8 Å². The smallest absolute Gasteiger partial charge is 0.304 e. The van der Waals surface area contributed by atoms with E-state index in [0.29, 0.717) is 42.9 Å². The van der Waals surface area contributed by atoms with E-state index in [0.717, 1.165) is 31.3 Å². The largest absolute Gasteiger partial charge is 0.445 e. The Morgan fingerprint density at radius 1 is 1.31 bits per heavy atom. The summed E-state index contributed by atoms with van der Waals surface area (Å²) in [5, 5.41) is 10.8. The molecule has 140 valence electrons. The fourth-order valence-electron chi connectivity index (χ4n) is 6.86. The predicted octanol–water partition coefficient (Wildman–Crippen LogP) is 3.03. The third-order valence-electron chi connectivity index (χ3n) is 8.02. The number of carbonyl (C=O) groups is 2. The van der Waals surface area contributed by atoms with Crippen LogP contribution < -0.4 is 0 Å². The topological polar surface area (TPSA) is 63.6 Å². The van der Waals surface area contributed by atoms with Crippen LogP contribution in [-0.4, -0.2) is 28.6 Å². The second-order valence-electron chi connectivity index (χ2n) is 9.00. The summed E-state index contributed by atoms with van der Waals surface area (Å²) >= 11 is 0. The summed E-state index contributed by atoms with van der Waals surface area (Å²) in [5.74, 6) is 4.25. The van der Waals surface area contributed by atoms with Gasteiger partial charge in [0, 0.05) is 18.8 Å². The van der Waals surface area contributed by atoms with Gasteiger partial charge in [0.05, 0.1) is 6.10 Å². The van der Waals surface area contributed by atoms with Gasteiger partial charge in [-0.05, 0) is 73.8 Å². The van der Waals surface area contributed by atoms with Crippen LogP contribution in [0.1, 0.15) is 58.8 Å². The van der Waals surface area contributed by atoms with Crippen LogP contribution in [0.4, 0.5) is 0 Å². The molecule has 4 aliphatic rings. The highest BCUT2D eigenvalue weighted by Crippen LogP contribution is 2.65. The SMILES string of the molecule is C#C[C@]1(OC(C)=O)CC[C@H]2[C@@H]3CC(O)C4=CC(=O)CC[C@@H]4[C@H]3CC[C@@]21C. The average Bonchev–Trinajstić information content (AvgIpc) is 2.88. The van der Waals surface area contributed by atoms with Crippen molar-refractivity contribution in [2.45, 2.75) is 70.5 Å². The molecule has 1 N–H and O–H groups in total. The summed E-state index contributed by atoms with van der Waals surface area (Å²) in [6.45, 7) is 3.62. The Morgan fingerprint density at radius 2 is 2.08 bits per heavy atom. The lowest BCUT2D eigenvalue weighted by Gasteiger charge is -2.56. The molecule has 4 nitrogen and oxygen atoms in total. The Hall–Kier alpha value is -1.60. The van der Waals surface area contributed by atoms with Gasteiger partial charge in [0.2, 0.25) is 0 Å². The molecule has 0 radical (unpaired) electrons. The van der Waals surface area contributed by atoms with Crippen molar-refractivity contribution in [2.24, 2.45) is 29.1 Å². The van der Waals surface area contributed by atoms with Gasteiger partial charge in [-0.3, -0.25) is 9.59 Å². The van der Waals surface area contributed by atoms with E-state index in [1.54, 1.807) is 6.08 Å². The molecule has 26 heavy (non-hydrogen) atoms. The Morgan fingerprint density at radius 3 is 2.77 bits per heavy atom. The molecule has 0 aromatic carbocycles. The molecule has 0 bridgehead atoms. The molecular formula is C22H28O4. The maximum absolute atomic E-state index is 11.8. The van der Waals surface area contributed by atoms with E-state index in [4.69, 9.17) is 11.2 Å². The maximum Gasteiger partial charge on any atom is 0.304 e. The van der Waals surface area contributed by atoms with Gasteiger partial charge >= 0.3 is 5.97 Å². The number of terminal acetylenes is 1. The van der Waals surface area contributed by atoms with E-state index in [2.05, 4.69) is 12.8 Å². The number of fused-ring (bicyclic) bond motifs is 5. The molecular weight excluding hydrogens is 328 g/mol. The molecule has 3 saturated carbocycles. The molecule has 0 aromatic heterocycles. The molecule has 4 rings (SSSR count). The van der Waals surface area contributed by atoms with Gasteiger partial charge in [0.15, 0.2) is 11.4 Å². The Kier molecular flexibility index (Phi) is 4.08. The van der Waals surface area contributed by atoms with Gasteiger partial charge in [0.1, 0.15) is 0 Å². The van der Waals surface area contributed by atoms with Gasteiger partial charge < -0.3 is 9.84 Å². The summed E-state index contributed by atoms with van der Waals surface area (Å²) in [7, 11) is 0. The monoisotopic (exact) mass is 356 g/mol. The summed E-state index contributed by atoms with van der Waals surface area (Å²) in [6, 6.07) is 0. The molecule has 0 amide bonds. The molecule has 1 unspecified atom stereocenters. The number of ketones is 1. The van der Waals surface area contributed by atoms with Gasteiger partial charge in [-0.15, -0.1) is 6.42 Å². The van der Waals surface area contributed by atoms with Crippen LogP contribution in [0.15, 0.2) is 11.6 Å². The number of hydrogen-bond donors (Lipinski definition) is 1. The van der Waals surface area contributed by atoms with Crippen molar-refractivity contribution in [3.8, 4) is 12.3 Å². The van der Waals surface area contributed by atoms with E-state index in [-0.39, 0.29) is 17.2 Å². The minimum atomic E-state index is -0.821. The second kappa shape index (κ2) is 5.96. The van der Waals surface area contributed by atoms with Crippen LogP contribution in [0, 0.1) is 41.4 Å². The third kappa shape index (κ3) is 2.33. The Labute approximate surface area is 155 Å². The normalized spacial score (nSPS) is 47.1. The zero-order valence-corrected chi connectivity index (χ0v) is 15.7. The first-order valence-electron chi connectivity index (χ1n) is 9.91. The lowest BCUT2D eigenvalue weighted by Crippen LogP contribution is -2.55. The number of hydrogen-bond acceptors (Lipinski definition) is 4. The summed E-state index contributed by atoms with van der Waals surface area (Å²) in [6.07, 6.45) is 12.8. The van der Waals surface area contributed by atoms with E-state index in [1.165, 1.54) is 6.92 Å². The second-order valence-corrected chi connectivity index (χ2v) is 9.00. The van der Waals surface area contributed by atoms with Crippen LogP contribution in [0.5, 0.6) is 0 Å². The lowest BCUT2D eigenvalue weighted by atomic mass is 9.50. The molecule has 4 aliphatic carbocycles. The van der Waals surface area contributed by atoms with Gasteiger partial charge in [-0.2, -0.15) is 0 Å². The van der Waals surface area contributed by atoms with Gasteiger partial charge in [0.25, 0.3) is 0 Å². The zero-order chi connectivity index (χ0) is 18.7. The summed E-state index contributed by atoms with van der Waals surface area (Å²) in [5.41, 5.74) is -0.0924. The minimum absolute atomic E-state index is 0.150. The number of carbonyl (C=O) groups excluding carboxylic acids is 2. The number of esters is 1. The minimum Gasteiger partial charge on any atom is -0.445 e. The van der Waals surface area contributed by atoms with E-state index >= 15 is 0 Å². The van der Waals surface area contributed by atoms with Crippen molar-refractivity contribution < 1.29 is 19.4 Å². The Balaban J connectivity index is 1.68. The molecule has 4 heteroatoms. The van der Waals surface area contributed by atoms with Gasteiger partial charge in [-0.25, -0.2) is 0 Å². The highest BCUT2D eigenvalue weighted by molar-refractivity contribution is 5.91. The number of ether oxygens (including phenoxy) is 1. The quantitative estimate of drug-likeness (QED) is 0.579. The van der Waals surface area contributed by atoms with Crippen molar-refractivity contribution in [3.05, 3.63) is 11.6 Å². The first-order valence-corrected chi connectivity index (χ1v) is 9.91. The highest BCUT2D eigenvalue weighted by atomic mass is 16.6. The molecule has 0 saturated heterocycles. The zero-order valence-electron chi connectivity index (χ0n) is 15.7. The number of rotatable bonds is 1. The van der Waals surface area contributed by atoms with Crippen molar-refractivity contribution in [2.75, 3.05) is 0 Å². The van der Waals surface area contributed by atoms with Crippen LogP contribution in [-0.2, 0) is 14.3 Å². The first kappa shape index (κ1) is 17.8. The Bertz CT molecular complexity index is 716.